The highest BCUT2D eigenvalue weighted by Gasteiger charge is 2.48. The lowest BCUT2D eigenvalue weighted by atomic mass is 9.90. The second-order valence-electron chi connectivity index (χ2n) is 6.55. The smallest absolute Gasteiger partial charge is 0.266 e. The quantitative estimate of drug-likeness (QED) is 0.824. The molecule has 5 rings (SSSR count). The molecule has 0 radical (unpaired) electrons. The van der Waals surface area contributed by atoms with Gasteiger partial charge in [0.2, 0.25) is 0 Å². The van der Waals surface area contributed by atoms with E-state index in [1.54, 1.807) is 24.3 Å². The van der Waals surface area contributed by atoms with Crippen LogP contribution in [0.4, 0.5) is 5.69 Å². The number of hydrogen-bond donors (Lipinski definition) is 1. The highest BCUT2D eigenvalue weighted by atomic mass is 16.3. The van der Waals surface area contributed by atoms with Crippen LogP contribution in [0.3, 0.4) is 0 Å². The SMILES string of the molecule is O=C1c2ccccc2C(=O)N1c1cccc2c1C1CCC2C1O. The van der Waals surface area contributed by atoms with Crippen LogP contribution in [0.2, 0.25) is 0 Å². The van der Waals surface area contributed by atoms with Gasteiger partial charge in [0.15, 0.2) is 0 Å². The van der Waals surface area contributed by atoms with E-state index < -0.39 is 0 Å². The minimum atomic E-state index is -0.388. The zero-order valence-electron chi connectivity index (χ0n) is 12.4. The molecule has 1 aliphatic heterocycles. The van der Waals surface area contributed by atoms with Crippen LogP contribution in [0.15, 0.2) is 42.5 Å². The summed E-state index contributed by atoms with van der Waals surface area (Å²) in [5.74, 6) is -0.354. The van der Waals surface area contributed by atoms with Crippen molar-refractivity contribution in [3.63, 3.8) is 0 Å². The number of aliphatic hydroxyl groups is 1. The fraction of sp³-hybridized carbons (Fsp3) is 0.263. The van der Waals surface area contributed by atoms with Crippen LogP contribution in [0, 0.1) is 0 Å². The minimum absolute atomic E-state index is 0.0375. The van der Waals surface area contributed by atoms with Gasteiger partial charge in [-0.2, -0.15) is 0 Å². The molecule has 0 spiro atoms. The van der Waals surface area contributed by atoms with Gasteiger partial charge in [0, 0.05) is 11.8 Å². The average Bonchev–Trinajstić information content (AvgIpc) is 3.17. The second kappa shape index (κ2) is 4.30. The molecule has 1 N–H and O–H groups in total. The lowest BCUT2D eigenvalue weighted by Gasteiger charge is -2.23. The molecule has 114 valence electrons. The Morgan fingerprint density at radius 2 is 1.52 bits per heavy atom. The molecule has 2 aliphatic carbocycles. The van der Waals surface area contributed by atoms with Gasteiger partial charge < -0.3 is 5.11 Å². The Kier molecular flexibility index (Phi) is 2.43. The van der Waals surface area contributed by atoms with Gasteiger partial charge in [-0.05, 0) is 42.2 Å². The highest BCUT2D eigenvalue weighted by molar-refractivity contribution is 6.34. The Labute approximate surface area is 133 Å². The number of nitrogens with zero attached hydrogens (tertiary/aromatic N) is 1. The first-order chi connectivity index (χ1) is 11.2. The number of aliphatic hydroxyl groups excluding tert-OH is 1. The Hall–Kier alpha value is -2.46. The Morgan fingerprint density at radius 1 is 0.870 bits per heavy atom. The molecule has 3 aliphatic rings. The van der Waals surface area contributed by atoms with E-state index in [4.69, 9.17) is 0 Å². The minimum Gasteiger partial charge on any atom is -0.392 e. The summed E-state index contributed by atoms with van der Waals surface area (Å²) in [5, 5.41) is 10.4. The van der Waals surface area contributed by atoms with Crippen molar-refractivity contribution >= 4 is 17.5 Å². The first-order valence-corrected chi connectivity index (χ1v) is 7.97. The summed E-state index contributed by atoms with van der Waals surface area (Å²) in [6.45, 7) is 0. The van der Waals surface area contributed by atoms with Crippen LogP contribution in [-0.2, 0) is 0 Å². The molecule has 0 saturated heterocycles. The standard InChI is InChI=1S/C19H15NO3/c21-17-11-8-9-14(17)16-10(11)6-3-7-15(16)20-18(22)12-4-1-2-5-13(12)19(20)23/h1-7,11,14,17,21H,8-9H2. The normalized spacial score (nSPS) is 27.5. The van der Waals surface area contributed by atoms with Crippen molar-refractivity contribution in [3.8, 4) is 0 Å². The van der Waals surface area contributed by atoms with Crippen molar-refractivity contribution in [2.45, 2.75) is 30.8 Å². The van der Waals surface area contributed by atoms with Gasteiger partial charge in [-0.3, -0.25) is 9.59 Å². The maximum absolute atomic E-state index is 12.7. The molecule has 3 unspecified atom stereocenters. The molecular formula is C19H15NO3. The molecule has 2 aromatic carbocycles. The van der Waals surface area contributed by atoms with Gasteiger partial charge in [-0.15, -0.1) is 0 Å². The molecule has 23 heavy (non-hydrogen) atoms. The predicted octanol–water partition coefficient (Wildman–Crippen LogP) is 2.82. The van der Waals surface area contributed by atoms with Crippen LogP contribution in [0.25, 0.3) is 0 Å². The molecule has 4 heteroatoms. The number of hydrogen-bond acceptors (Lipinski definition) is 3. The van der Waals surface area contributed by atoms with Crippen molar-refractivity contribution < 1.29 is 14.7 Å². The van der Waals surface area contributed by atoms with E-state index in [1.165, 1.54) is 4.90 Å². The van der Waals surface area contributed by atoms with Crippen LogP contribution in [0.1, 0.15) is 56.5 Å². The fourth-order valence-electron chi connectivity index (χ4n) is 4.54. The van der Waals surface area contributed by atoms with E-state index in [1.807, 2.05) is 18.2 Å². The molecular weight excluding hydrogens is 290 g/mol. The Balaban J connectivity index is 1.69. The van der Waals surface area contributed by atoms with Gasteiger partial charge >= 0.3 is 0 Å². The molecule has 2 aromatic rings. The van der Waals surface area contributed by atoms with Crippen LogP contribution in [-0.4, -0.2) is 23.0 Å². The third-order valence-electron chi connectivity index (χ3n) is 5.54. The van der Waals surface area contributed by atoms with Gasteiger partial charge in [-0.1, -0.05) is 24.3 Å². The number of amides is 2. The number of carbonyl (C=O) groups is 2. The average molecular weight is 305 g/mol. The highest BCUT2D eigenvalue weighted by Crippen LogP contribution is 2.56. The summed E-state index contributed by atoms with van der Waals surface area (Å²) in [7, 11) is 0. The largest absolute Gasteiger partial charge is 0.392 e. The molecule has 1 heterocycles. The number of anilines is 1. The van der Waals surface area contributed by atoms with Crippen molar-refractivity contribution in [1.82, 2.24) is 0 Å². The monoisotopic (exact) mass is 305 g/mol. The van der Waals surface area contributed by atoms with E-state index in [9.17, 15) is 14.7 Å². The van der Waals surface area contributed by atoms with E-state index in [2.05, 4.69) is 0 Å². The number of fused-ring (bicyclic) bond motifs is 6. The van der Waals surface area contributed by atoms with E-state index >= 15 is 0 Å². The molecule has 3 atom stereocenters. The lowest BCUT2D eigenvalue weighted by Crippen LogP contribution is -2.31. The van der Waals surface area contributed by atoms with Crippen molar-refractivity contribution in [1.29, 1.82) is 0 Å². The topological polar surface area (TPSA) is 57.6 Å². The molecule has 2 amide bonds. The van der Waals surface area contributed by atoms with Gasteiger partial charge in [-0.25, -0.2) is 4.90 Å². The van der Waals surface area contributed by atoms with Gasteiger partial charge in [0.25, 0.3) is 11.8 Å². The van der Waals surface area contributed by atoms with Crippen molar-refractivity contribution in [2.75, 3.05) is 4.90 Å². The van der Waals surface area contributed by atoms with E-state index in [0.717, 1.165) is 24.0 Å². The molecule has 0 aromatic heterocycles. The summed E-state index contributed by atoms with van der Waals surface area (Å²) < 4.78 is 0. The number of rotatable bonds is 1. The third kappa shape index (κ3) is 1.49. The number of imide groups is 1. The molecule has 4 nitrogen and oxygen atoms in total. The molecule has 1 fully saturated rings. The Morgan fingerprint density at radius 3 is 2.22 bits per heavy atom. The fourth-order valence-corrected chi connectivity index (χ4v) is 4.54. The second-order valence-corrected chi connectivity index (χ2v) is 6.55. The molecule has 1 saturated carbocycles. The van der Waals surface area contributed by atoms with E-state index in [-0.39, 0.29) is 29.8 Å². The third-order valence-corrected chi connectivity index (χ3v) is 5.54. The van der Waals surface area contributed by atoms with Crippen molar-refractivity contribution in [2.24, 2.45) is 0 Å². The number of benzene rings is 2. The van der Waals surface area contributed by atoms with Crippen LogP contribution < -0.4 is 4.90 Å². The summed E-state index contributed by atoms with van der Waals surface area (Å²) in [6, 6.07) is 12.7. The van der Waals surface area contributed by atoms with Gasteiger partial charge in [0.1, 0.15) is 0 Å². The molecule has 2 bridgehead atoms. The maximum Gasteiger partial charge on any atom is 0.266 e. The first-order valence-electron chi connectivity index (χ1n) is 7.97. The summed E-state index contributed by atoms with van der Waals surface area (Å²) in [4.78, 5) is 26.8. The maximum atomic E-state index is 12.7. The summed E-state index contributed by atoms with van der Waals surface area (Å²) >= 11 is 0. The zero-order chi connectivity index (χ0) is 15.7. The van der Waals surface area contributed by atoms with Gasteiger partial charge in [0.05, 0.1) is 22.9 Å². The Bertz CT molecular complexity index is 838. The van der Waals surface area contributed by atoms with E-state index in [0.29, 0.717) is 16.8 Å². The van der Waals surface area contributed by atoms with Crippen LogP contribution >= 0.6 is 0 Å². The van der Waals surface area contributed by atoms with Crippen molar-refractivity contribution in [3.05, 3.63) is 64.7 Å². The first kappa shape index (κ1) is 13.0. The number of carbonyl (C=O) groups excluding carboxylic acids is 2. The van der Waals surface area contributed by atoms with Crippen LogP contribution in [0.5, 0.6) is 0 Å². The summed E-state index contributed by atoms with van der Waals surface area (Å²) in [5.41, 5.74) is 3.66. The lowest BCUT2D eigenvalue weighted by molar-refractivity contribution is 0.0925. The zero-order valence-corrected chi connectivity index (χ0v) is 12.4. The predicted molar refractivity (Wildman–Crippen MR) is 84.7 cm³/mol. The summed E-state index contributed by atoms with van der Waals surface area (Å²) in [6.07, 6.45) is 1.50.